The van der Waals surface area contributed by atoms with Crippen molar-refractivity contribution in [2.45, 2.75) is 26.9 Å². The van der Waals surface area contributed by atoms with E-state index in [1.807, 2.05) is 62.4 Å². The Hall–Kier alpha value is -3.94. The SMILES string of the molecule is Cc1ccc(CNC(=O)Cn2nc3nc(Nc4ccc(C)cc4)ccn3c2=O)cc1. The number of fused-ring (bicyclic) bond motifs is 1. The minimum atomic E-state index is -0.412. The van der Waals surface area contributed by atoms with Crippen molar-refractivity contribution in [3.63, 3.8) is 0 Å². The van der Waals surface area contributed by atoms with Crippen molar-refractivity contribution < 1.29 is 4.79 Å². The molecule has 152 valence electrons. The fourth-order valence-corrected chi connectivity index (χ4v) is 2.96. The van der Waals surface area contributed by atoms with Crippen LogP contribution in [0.1, 0.15) is 16.7 Å². The molecule has 0 radical (unpaired) electrons. The van der Waals surface area contributed by atoms with Crippen molar-refractivity contribution in [2.75, 3.05) is 5.32 Å². The summed E-state index contributed by atoms with van der Waals surface area (Å²) < 4.78 is 2.43. The summed E-state index contributed by atoms with van der Waals surface area (Å²) in [5.74, 6) is 0.495. The zero-order valence-electron chi connectivity index (χ0n) is 16.8. The van der Waals surface area contributed by atoms with Crippen LogP contribution in [-0.4, -0.2) is 25.1 Å². The van der Waals surface area contributed by atoms with Gasteiger partial charge >= 0.3 is 5.69 Å². The number of nitrogens with one attached hydrogen (secondary N) is 2. The highest BCUT2D eigenvalue weighted by atomic mass is 16.2. The van der Waals surface area contributed by atoms with E-state index >= 15 is 0 Å². The van der Waals surface area contributed by atoms with Gasteiger partial charge in [0.05, 0.1) is 0 Å². The summed E-state index contributed by atoms with van der Waals surface area (Å²) >= 11 is 0. The van der Waals surface area contributed by atoms with Gasteiger partial charge in [-0.15, -0.1) is 5.10 Å². The van der Waals surface area contributed by atoms with E-state index in [-0.39, 0.29) is 18.2 Å². The average Bonchev–Trinajstić information content (AvgIpc) is 3.04. The number of rotatable bonds is 6. The molecule has 0 saturated carbocycles. The lowest BCUT2D eigenvalue weighted by Crippen LogP contribution is -2.32. The van der Waals surface area contributed by atoms with Crippen LogP contribution in [0, 0.1) is 13.8 Å². The highest BCUT2D eigenvalue weighted by Crippen LogP contribution is 2.15. The second-order valence-electron chi connectivity index (χ2n) is 7.18. The van der Waals surface area contributed by atoms with Crippen LogP contribution < -0.4 is 16.3 Å². The normalized spacial score (nSPS) is 10.9. The molecule has 0 aliphatic carbocycles. The number of aromatic nitrogens is 4. The van der Waals surface area contributed by atoms with Gasteiger partial charge in [-0.3, -0.25) is 4.79 Å². The number of amides is 1. The Kier molecular flexibility index (Phi) is 5.30. The summed E-state index contributed by atoms with van der Waals surface area (Å²) in [6.45, 7) is 4.25. The number of aryl methyl sites for hydroxylation is 2. The topological polar surface area (TPSA) is 93.3 Å². The number of carbonyl (C=O) groups is 1. The lowest BCUT2D eigenvalue weighted by molar-refractivity contribution is -0.122. The fourth-order valence-electron chi connectivity index (χ4n) is 2.96. The molecule has 0 aliphatic rings. The van der Waals surface area contributed by atoms with Gasteiger partial charge in [0.2, 0.25) is 5.91 Å². The Bertz CT molecular complexity index is 1240. The first-order valence-electron chi connectivity index (χ1n) is 9.60. The minimum Gasteiger partial charge on any atom is -0.350 e. The molecule has 0 spiro atoms. The van der Waals surface area contributed by atoms with Crippen molar-refractivity contribution in [1.29, 1.82) is 0 Å². The molecule has 0 saturated heterocycles. The van der Waals surface area contributed by atoms with E-state index in [2.05, 4.69) is 20.7 Å². The molecule has 0 aliphatic heterocycles. The average molecular weight is 402 g/mol. The number of anilines is 2. The van der Waals surface area contributed by atoms with E-state index in [4.69, 9.17) is 0 Å². The summed E-state index contributed by atoms with van der Waals surface area (Å²) in [6.07, 6.45) is 1.59. The summed E-state index contributed by atoms with van der Waals surface area (Å²) in [7, 11) is 0. The second kappa shape index (κ2) is 8.20. The zero-order chi connectivity index (χ0) is 21.1. The number of benzene rings is 2. The van der Waals surface area contributed by atoms with Crippen LogP contribution in [0.5, 0.6) is 0 Å². The van der Waals surface area contributed by atoms with Gasteiger partial charge in [-0.1, -0.05) is 47.5 Å². The number of hydrogen-bond acceptors (Lipinski definition) is 5. The summed E-state index contributed by atoms with van der Waals surface area (Å²) in [5, 5.41) is 10.2. The van der Waals surface area contributed by atoms with Crippen LogP contribution >= 0.6 is 0 Å². The largest absolute Gasteiger partial charge is 0.352 e. The van der Waals surface area contributed by atoms with Gasteiger partial charge in [0, 0.05) is 18.4 Å². The Morgan fingerprint density at radius 1 is 0.967 bits per heavy atom. The number of carbonyl (C=O) groups excluding carboxylic acids is 1. The Morgan fingerprint density at radius 3 is 2.33 bits per heavy atom. The van der Waals surface area contributed by atoms with Crippen molar-refractivity contribution in [3.8, 4) is 0 Å². The number of nitrogens with zero attached hydrogens (tertiary/aromatic N) is 4. The smallest absolute Gasteiger partial charge is 0.350 e. The van der Waals surface area contributed by atoms with E-state index in [1.165, 1.54) is 4.40 Å². The highest BCUT2D eigenvalue weighted by Gasteiger charge is 2.12. The maximum Gasteiger partial charge on any atom is 0.352 e. The highest BCUT2D eigenvalue weighted by molar-refractivity contribution is 5.75. The standard InChI is InChI=1S/C22H22N6O2/c1-15-3-7-17(8-4-15)13-23-20(29)14-28-22(30)27-12-11-19(25-21(27)26-28)24-18-9-5-16(2)6-10-18/h3-12H,13-14H2,1-2H3,(H,23,29)(H,24,25,26). The molecule has 0 bridgehead atoms. The maximum atomic E-state index is 12.5. The lowest BCUT2D eigenvalue weighted by Gasteiger charge is -2.05. The van der Waals surface area contributed by atoms with Crippen LogP contribution in [0.4, 0.5) is 11.5 Å². The molecule has 2 aromatic carbocycles. The first-order chi connectivity index (χ1) is 14.5. The van der Waals surface area contributed by atoms with Crippen molar-refractivity contribution in [3.05, 3.63) is 88.0 Å². The van der Waals surface area contributed by atoms with Crippen molar-refractivity contribution >= 4 is 23.2 Å². The third-order valence-corrected chi connectivity index (χ3v) is 4.68. The molecule has 2 aromatic heterocycles. The molecule has 2 N–H and O–H groups in total. The summed E-state index contributed by atoms with van der Waals surface area (Å²) in [5.41, 5.74) is 3.78. The van der Waals surface area contributed by atoms with Crippen molar-refractivity contribution in [2.24, 2.45) is 0 Å². The predicted octanol–water partition coefficient (Wildman–Crippen LogP) is 2.57. The lowest BCUT2D eigenvalue weighted by atomic mass is 10.1. The molecule has 0 atom stereocenters. The summed E-state index contributed by atoms with van der Waals surface area (Å²) in [6, 6.07) is 17.5. The molecule has 30 heavy (non-hydrogen) atoms. The third-order valence-electron chi connectivity index (χ3n) is 4.68. The minimum absolute atomic E-state index is 0.172. The molecule has 8 heteroatoms. The predicted molar refractivity (Wildman–Crippen MR) is 115 cm³/mol. The van der Waals surface area contributed by atoms with E-state index < -0.39 is 5.69 Å². The van der Waals surface area contributed by atoms with Crippen LogP contribution in [0.3, 0.4) is 0 Å². The number of hydrogen-bond donors (Lipinski definition) is 2. The Labute approximate surface area is 173 Å². The van der Waals surface area contributed by atoms with E-state index in [9.17, 15) is 9.59 Å². The summed E-state index contributed by atoms with van der Waals surface area (Å²) in [4.78, 5) is 29.1. The molecule has 4 rings (SSSR count). The van der Waals surface area contributed by atoms with Crippen LogP contribution in [0.2, 0.25) is 0 Å². The third kappa shape index (κ3) is 4.38. The molecule has 2 heterocycles. The molecule has 0 unspecified atom stereocenters. The Balaban J connectivity index is 1.45. The van der Waals surface area contributed by atoms with E-state index in [0.717, 1.165) is 27.1 Å². The van der Waals surface area contributed by atoms with Gasteiger partial charge in [-0.05, 0) is 37.6 Å². The van der Waals surface area contributed by atoms with Crippen LogP contribution in [0.15, 0.2) is 65.6 Å². The Morgan fingerprint density at radius 2 is 1.63 bits per heavy atom. The van der Waals surface area contributed by atoms with Crippen LogP contribution in [0.25, 0.3) is 5.78 Å². The van der Waals surface area contributed by atoms with Gasteiger partial charge < -0.3 is 10.6 Å². The zero-order valence-corrected chi connectivity index (χ0v) is 16.8. The van der Waals surface area contributed by atoms with E-state index in [1.54, 1.807) is 12.3 Å². The molecule has 1 amide bonds. The maximum absolute atomic E-state index is 12.5. The van der Waals surface area contributed by atoms with Gasteiger partial charge in [0.25, 0.3) is 5.78 Å². The first kappa shape index (κ1) is 19.4. The second-order valence-corrected chi connectivity index (χ2v) is 7.18. The fraction of sp³-hybridized carbons (Fsp3) is 0.182. The molecule has 0 fully saturated rings. The quantitative estimate of drug-likeness (QED) is 0.517. The van der Waals surface area contributed by atoms with Gasteiger partial charge in [-0.2, -0.15) is 4.98 Å². The molecular weight excluding hydrogens is 380 g/mol. The first-order valence-corrected chi connectivity index (χ1v) is 9.60. The monoisotopic (exact) mass is 402 g/mol. The van der Waals surface area contributed by atoms with Crippen molar-refractivity contribution in [1.82, 2.24) is 24.5 Å². The molecule has 4 aromatic rings. The van der Waals surface area contributed by atoms with Crippen LogP contribution in [-0.2, 0) is 17.9 Å². The van der Waals surface area contributed by atoms with Gasteiger partial charge in [-0.25, -0.2) is 13.9 Å². The molecular formula is C22H22N6O2. The van der Waals surface area contributed by atoms with E-state index in [0.29, 0.717) is 12.4 Å². The van der Waals surface area contributed by atoms with Gasteiger partial charge in [0.15, 0.2) is 0 Å². The van der Waals surface area contributed by atoms with Gasteiger partial charge in [0.1, 0.15) is 12.4 Å². The molecule has 8 nitrogen and oxygen atoms in total.